The minimum Gasteiger partial charge on any atom is -0.480 e. The Bertz CT molecular complexity index is 859. The molecule has 0 aliphatic rings. The number of hydrogen-bond acceptors (Lipinski definition) is 6. The van der Waals surface area contributed by atoms with E-state index in [1.165, 1.54) is 31.2 Å². The molecule has 2 atom stereocenters. The summed E-state index contributed by atoms with van der Waals surface area (Å²) in [6.45, 7) is 1.21. The molecule has 0 aromatic heterocycles. The van der Waals surface area contributed by atoms with Crippen LogP contribution in [0.4, 0.5) is 10.1 Å². The summed E-state index contributed by atoms with van der Waals surface area (Å²) in [6.07, 6.45) is 0. The molecule has 9 nitrogen and oxygen atoms in total. The van der Waals surface area contributed by atoms with E-state index in [-0.39, 0.29) is 17.2 Å². The Morgan fingerprint density at radius 3 is 2.38 bits per heavy atom. The zero-order chi connectivity index (χ0) is 19.3. The van der Waals surface area contributed by atoms with Gasteiger partial charge in [0, 0.05) is 18.2 Å². The third-order valence-corrected chi connectivity index (χ3v) is 4.62. The summed E-state index contributed by atoms with van der Waals surface area (Å²) < 4.78 is 36.6. The molecule has 11 heteroatoms. The van der Waals surface area contributed by atoms with E-state index < -0.39 is 30.5 Å². The summed E-state index contributed by atoms with van der Waals surface area (Å²) in [7, 11) is -4.30. The van der Waals surface area contributed by atoms with Crippen LogP contribution < -0.4 is 14.1 Å². The number of rotatable bonds is 8. The van der Waals surface area contributed by atoms with E-state index in [0.29, 0.717) is 0 Å². The minimum absolute atomic E-state index is 0.0691. The second-order valence-corrected chi connectivity index (χ2v) is 6.70. The molecule has 0 spiro atoms. The Balaban J connectivity index is 2.28. The average Bonchev–Trinajstić information content (AvgIpc) is 2.54. The smallest absolute Gasteiger partial charge is 0.480 e. The lowest BCUT2D eigenvalue weighted by molar-refractivity contribution is -0.384. The molecular formula is C15H14FN2O7P. The van der Waals surface area contributed by atoms with Crippen LogP contribution in [0, 0.1) is 15.9 Å². The Morgan fingerprint density at radius 2 is 1.85 bits per heavy atom. The number of nitro groups is 1. The van der Waals surface area contributed by atoms with E-state index in [4.69, 9.17) is 14.2 Å². The highest BCUT2D eigenvalue weighted by Gasteiger charge is 2.33. The van der Waals surface area contributed by atoms with E-state index >= 15 is 0 Å². The summed E-state index contributed by atoms with van der Waals surface area (Å²) in [4.78, 5) is 21.1. The van der Waals surface area contributed by atoms with Crippen molar-refractivity contribution >= 4 is 19.4 Å². The minimum atomic E-state index is -4.30. The van der Waals surface area contributed by atoms with Crippen molar-refractivity contribution in [2.45, 2.75) is 13.0 Å². The lowest BCUT2D eigenvalue weighted by atomic mass is 10.3. The van der Waals surface area contributed by atoms with Crippen molar-refractivity contribution in [3.8, 4) is 11.5 Å². The molecule has 0 saturated carbocycles. The van der Waals surface area contributed by atoms with Crippen LogP contribution >= 0.6 is 7.75 Å². The quantitative estimate of drug-likeness (QED) is 0.403. The Hall–Kier alpha value is -2.97. The number of halogens is 1. The van der Waals surface area contributed by atoms with Crippen molar-refractivity contribution in [1.29, 1.82) is 0 Å². The maximum atomic E-state index is 13.3. The van der Waals surface area contributed by atoms with Gasteiger partial charge < -0.3 is 14.2 Å². The fourth-order valence-electron chi connectivity index (χ4n) is 1.79. The predicted molar refractivity (Wildman–Crippen MR) is 88.6 cm³/mol. The molecule has 0 bridgehead atoms. The van der Waals surface area contributed by atoms with Gasteiger partial charge in [-0.3, -0.25) is 14.9 Å². The van der Waals surface area contributed by atoms with Gasteiger partial charge in [0.05, 0.1) is 4.92 Å². The van der Waals surface area contributed by atoms with Crippen molar-refractivity contribution in [2.75, 3.05) is 0 Å². The van der Waals surface area contributed by atoms with Crippen LogP contribution in [-0.2, 0) is 9.36 Å². The first-order valence-corrected chi connectivity index (χ1v) is 8.73. The number of carboxylic acid groups (broad SMARTS) is 1. The number of nitro benzene ring substituents is 1. The highest BCUT2D eigenvalue weighted by Crippen LogP contribution is 2.45. The number of nitrogens with one attached hydrogen (secondary N) is 1. The molecule has 2 N–H and O–H groups in total. The highest BCUT2D eigenvalue weighted by atomic mass is 31.2. The van der Waals surface area contributed by atoms with Gasteiger partial charge in [0.2, 0.25) is 0 Å². The van der Waals surface area contributed by atoms with Crippen LogP contribution in [0.3, 0.4) is 0 Å². The lowest BCUT2D eigenvalue weighted by Gasteiger charge is -2.22. The maximum Gasteiger partial charge on any atom is 0.513 e. The molecule has 0 amide bonds. The van der Waals surface area contributed by atoms with Gasteiger partial charge in [0.15, 0.2) is 0 Å². The number of carboxylic acids is 1. The van der Waals surface area contributed by atoms with E-state index in [0.717, 1.165) is 24.3 Å². The van der Waals surface area contributed by atoms with Gasteiger partial charge in [-0.1, -0.05) is 6.07 Å². The van der Waals surface area contributed by atoms with Crippen molar-refractivity contribution in [1.82, 2.24) is 5.09 Å². The standard InChI is InChI=1S/C15H14FN2O7P/c1-10(15(19)20)17-26(23,25-14-4-2-3-11(16)9-14)24-13-7-5-12(6-8-13)18(21)22/h2-10H,1H3,(H,17,23)(H,19,20)/t10-,26?/m0/s1. The Morgan fingerprint density at radius 1 is 1.23 bits per heavy atom. The molecule has 2 aromatic rings. The van der Waals surface area contributed by atoms with Crippen molar-refractivity contribution in [3.63, 3.8) is 0 Å². The van der Waals surface area contributed by atoms with Crippen LogP contribution in [0.5, 0.6) is 11.5 Å². The number of hydrogen-bond donors (Lipinski definition) is 2. The molecule has 0 fully saturated rings. The number of nitrogens with zero attached hydrogens (tertiary/aromatic N) is 1. The number of non-ortho nitro benzene ring substituents is 1. The first kappa shape index (κ1) is 19.4. The molecule has 0 radical (unpaired) electrons. The van der Waals surface area contributed by atoms with Crippen LogP contribution in [0.25, 0.3) is 0 Å². The summed E-state index contributed by atoms with van der Waals surface area (Å²) in [5.41, 5.74) is -0.218. The molecule has 0 saturated heterocycles. The van der Waals surface area contributed by atoms with E-state index in [9.17, 15) is 23.9 Å². The molecule has 2 aromatic carbocycles. The van der Waals surface area contributed by atoms with Crippen LogP contribution in [0.15, 0.2) is 48.5 Å². The third kappa shape index (κ3) is 5.27. The SMILES string of the molecule is C[C@H](NP(=O)(Oc1ccc([N+](=O)[O-])cc1)Oc1cccc(F)c1)C(=O)O. The molecule has 1 unspecified atom stereocenters. The lowest BCUT2D eigenvalue weighted by Crippen LogP contribution is -2.34. The molecule has 2 rings (SSSR count). The van der Waals surface area contributed by atoms with Gasteiger partial charge in [-0.25, -0.2) is 8.96 Å². The molecule has 0 heterocycles. The average molecular weight is 384 g/mol. The largest absolute Gasteiger partial charge is 0.513 e. The van der Waals surface area contributed by atoms with Crippen LogP contribution in [0.2, 0.25) is 0 Å². The fraction of sp³-hybridized carbons (Fsp3) is 0.133. The van der Waals surface area contributed by atoms with Gasteiger partial charge in [-0.15, -0.1) is 0 Å². The predicted octanol–water partition coefficient (Wildman–Crippen LogP) is 3.36. The van der Waals surface area contributed by atoms with Gasteiger partial charge in [-0.2, -0.15) is 5.09 Å². The fourth-order valence-corrected chi connectivity index (χ4v) is 3.31. The summed E-state index contributed by atoms with van der Waals surface area (Å²) in [6, 6.07) is 7.96. The van der Waals surface area contributed by atoms with E-state index in [2.05, 4.69) is 5.09 Å². The zero-order valence-electron chi connectivity index (χ0n) is 13.4. The number of benzene rings is 2. The second kappa shape index (κ2) is 7.94. The van der Waals surface area contributed by atoms with E-state index in [1.54, 1.807) is 0 Å². The van der Waals surface area contributed by atoms with Gasteiger partial charge >= 0.3 is 13.7 Å². The zero-order valence-corrected chi connectivity index (χ0v) is 14.3. The molecule has 138 valence electrons. The van der Waals surface area contributed by atoms with Gasteiger partial charge in [-0.05, 0) is 31.2 Å². The monoisotopic (exact) mass is 384 g/mol. The highest BCUT2D eigenvalue weighted by molar-refractivity contribution is 7.52. The summed E-state index contributed by atoms with van der Waals surface area (Å²) in [5, 5.41) is 21.9. The van der Waals surface area contributed by atoms with Crippen molar-refractivity contribution in [2.24, 2.45) is 0 Å². The number of carbonyl (C=O) groups is 1. The topological polar surface area (TPSA) is 128 Å². The van der Waals surface area contributed by atoms with Gasteiger partial charge in [0.1, 0.15) is 23.4 Å². The summed E-state index contributed by atoms with van der Waals surface area (Å²) in [5.74, 6) is -2.20. The molecule has 0 aliphatic heterocycles. The summed E-state index contributed by atoms with van der Waals surface area (Å²) >= 11 is 0. The van der Waals surface area contributed by atoms with Crippen molar-refractivity contribution < 1.29 is 32.8 Å². The molecular weight excluding hydrogens is 370 g/mol. The number of aliphatic carboxylic acids is 1. The second-order valence-electron chi connectivity index (χ2n) is 5.08. The van der Waals surface area contributed by atoms with Crippen molar-refractivity contribution in [3.05, 3.63) is 64.5 Å². The first-order valence-electron chi connectivity index (χ1n) is 7.18. The van der Waals surface area contributed by atoms with Gasteiger partial charge in [0.25, 0.3) is 5.69 Å². The Kier molecular flexibility index (Phi) is 5.91. The Labute approximate surface area is 147 Å². The van der Waals surface area contributed by atoms with Crippen LogP contribution in [-0.4, -0.2) is 22.0 Å². The molecule has 26 heavy (non-hydrogen) atoms. The molecule has 0 aliphatic carbocycles. The maximum absolute atomic E-state index is 13.3. The van der Waals surface area contributed by atoms with E-state index in [1.807, 2.05) is 0 Å². The van der Waals surface area contributed by atoms with Crippen LogP contribution in [0.1, 0.15) is 6.92 Å². The third-order valence-electron chi connectivity index (χ3n) is 3.02. The normalized spacial score (nSPS) is 14.1. The first-order chi connectivity index (χ1) is 12.2.